The third kappa shape index (κ3) is 24.8. The Bertz CT molecular complexity index is 399. The quantitative estimate of drug-likeness (QED) is 0.0532. The molecule has 0 aliphatic carbocycles. The van der Waals surface area contributed by atoms with E-state index in [2.05, 4.69) is 12.6 Å². The molecule has 0 bridgehead atoms. The van der Waals surface area contributed by atoms with Gasteiger partial charge in [0.15, 0.2) is 0 Å². The van der Waals surface area contributed by atoms with Gasteiger partial charge in [-0.15, -0.1) is 0 Å². The summed E-state index contributed by atoms with van der Waals surface area (Å²) in [5, 5.41) is 0. The van der Waals surface area contributed by atoms with Gasteiger partial charge in [-0.2, -0.15) is 12.6 Å². The molecule has 0 rings (SSSR count). The van der Waals surface area contributed by atoms with Crippen molar-refractivity contribution in [1.82, 2.24) is 0 Å². The lowest BCUT2D eigenvalue weighted by Gasteiger charge is -2.24. The fourth-order valence-electron chi connectivity index (χ4n) is 5.25. The largest absolute Gasteiger partial charge is 0.500 e. The van der Waals surface area contributed by atoms with Gasteiger partial charge >= 0.3 is 8.80 Å². The molecule has 0 aromatic carbocycles. The van der Waals surface area contributed by atoms with Gasteiger partial charge in [-0.1, -0.05) is 154 Å². The van der Waals surface area contributed by atoms with Crippen LogP contribution in [0.15, 0.2) is 0 Å². The van der Waals surface area contributed by atoms with Crippen LogP contribution in [0.4, 0.5) is 0 Å². The summed E-state index contributed by atoms with van der Waals surface area (Å²) in [5.74, 6) is 1.06. The lowest BCUT2D eigenvalue weighted by molar-refractivity contribution is 0.122. The van der Waals surface area contributed by atoms with Crippen LogP contribution in [-0.4, -0.2) is 35.9 Å². The number of unbranched alkanes of at least 4 members (excludes halogenated alkanes) is 25. The van der Waals surface area contributed by atoms with Crippen molar-refractivity contribution in [3.63, 3.8) is 0 Å². The Hall–Kier alpha value is 0.447. The van der Waals surface area contributed by atoms with Gasteiger partial charge < -0.3 is 13.3 Å². The summed E-state index contributed by atoms with van der Waals surface area (Å²) in [4.78, 5) is 0. The van der Waals surface area contributed by atoms with Crippen LogP contribution in [0.3, 0.4) is 0 Å². The molecule has 5 heteroatoms. The minimum atomic E-state index is -2.34. The van der Waals surface area contributed by atoms with Crippen LogP contribution < -0.4 is 0 Å². The van der Waals surface area contributed by atoms with Crippen LogP contribution in [0.25, 0.3) is 0 Å². The average Bonchev–Trinajstić information content (AvgIpc) is 2.91. The highest BCUT2D eigenvalue weighted by molar-refractivity contribution is 7.80. The molecule has 0 atom stereocenters. The molecule has 0 saturated heterocycles. The van der Waals surface area contributed by atoms with Crippen LogP contribution in [0.2, 0.25) is 6.04 Å². The Morgan fingerprint density at radius 1 is 0.333 bits per heavy atom. The van der Waals surface area contributed by atoms with E-state index in [9.17, 15) is 0 Å². The van der Waals surface area contributed by atoms with Crippen molar-refractivity contribution in [3.8, 4) is 0 Å². The van der Waals surface area contributed by atoms with Crippen LogP contribution in [-0.2, 0) is 13.3 Å². The Balaban J connectivity index is 3.13. The van der Waals surface area contributed by atoms with Gasteiger partial charge in [-0.05, 0) is 18.6 Å². The second-order valence-electron chi connectivity index (χ2n) is 11.0. The highest BCUT2D eigenvalue weighted by Crippen LogP contribution is 2.19. The van der Waals surface area contributed by atoms with Gasteiger partial charge in [-0.25, -0.2) is 0 Å². The first-order valence-corrected chi connectivity index (χ1v) is 18.6. The van der Waals surface area contributed by atoms with E-state index in [0.29, 0.717) is 0 Å². The molecule has 0 fully saturated rings. The molecule has 3 nitrogen and oxygen atoms in total. The van der Waals surface area contributed by atoms with E-state index in [1.54, 1.807) is 21.3 Å². The molecule has 218 valence electrons. The van der Waals surface area contributed by atoms with Gasteiger partial charge in [0.2, 0.25) is 0 Å². The Labute approximate surface area is 234 Å². The molecule has 0 N–H and O–H groups in total. The number of hydrogen-bond donors (Lipinski definition) is 1. The van der Waals surface area contributed by atoms with Gasteiger partial charge in [0, 0.05) is 27.4 Å². The van der Waals surface area contributed by atoms with Crippen molar-refractivity contribution < 1.29 is 13.3 Å². The van der Waals surface area contributed by atoms with E-state index in [1.807, 2.05) is 0 Å². The summed E-state index contributed by atoms with van der Waals surface area (Å²) < 4.78 is 16.5. The van der Waals surface area contributed by atoms with Crippen molar-refractivity contribution in [2.75, 3.05) is 27.1 Å². The first kappa shape index (κ1) is 36.4. The second kappa shape index (κ2) is 30.0. The highest BCUT2D eigenvalue weighted by Gasteiger charge is 2.36. The van der Waals surface area contributed by atoms with Crippen LogP contribution in [0.5, 0.6) is 0 Å². The predicted molar refractivity (Wildman–Crippen MR) is 165 cm³/mol. The van der Waals surface area contributed by atoms with Crippen molar-refractivity contribution in [2.45, 2.75) is 173 Å². The third-order valence-electron chi connectivity index (χ3n) is 7.82. The van der Waals surface area contributed by atoms with E-state index in [0.717, 1.165) is 18.2 Å². The first-order chi connectivity index (χ1) is 17.7. The van der Waals surface area contributed by atoms with Crippen molar-refractivity contribution in [2.24, 2.45) is 0 Å². The predicted octanol–water partition coefficient (Wildman–Crippen LogP) is 10.9. The standard InChI is InChI=1S/C31H66O3SSi/c1-32-36(33-2,34-3)31-29-27-25-23-21-19-17-15-13-11-9-7-5-4-6-8-10-12-14-16-18-20-22-24-26-28-30-35/h35H,4-31H2,1-3H3. The Morgan fingerprint density at radius 2 is 0.528 bits per heavy atom. The normalized spacial score (nSPS) is 12.0. The van der Waals surface area contributed by atoms with Crippen molar-refractivity contribution in [3.05, 3.63) is 0 Å². The maximum Gasteiger partial charge on any atom is 0.500 e. The average molecular weight is 547 g/mol. The first-order valence-electron chi connectivity index (χ1n) is 16.0. The second-order valence-corrected chi connectivity index (χ2v) is 14.5. The molecule has 0 unspecified atom stereocenters. The van der Waals surface area contributed by atoms with Gasteiger partial charge in [0.1, 0.15) is 0 Å². The van der Waals surface area contributed by atoms with Gasteiger partial charge in [-0.3, -0.25) is 0 Å². The number of hydrogen-bond acceptors (Lipinski definition) is 4. The molecule has 0 radical (unpaired) electrons. The maximum atomic E-state index is 5.49. The molecular weight excluding hydrogens is 480 g/mol. The molecule has 0 spiro atoms. The fourth-order valence-corrected chi connectivity index (χ4v) is 7.27. The van der Waals surface area contributed by atoms with E-state index < -0.39 is 8.80 Å². The SMILES string of the molecule is CO[Si](CCCCCCCCCCCCCCCCCCCCCCCCCCCCS)(OC)OC. The molecular formula is C31H66O3SSi. The van der Waals surface area contributed by atoms with E-state index in [-0.39, 0.29) is 0 Å². The molecule has 0 amide bonds. The highest BCUT2D eigenvalue weighted by atomic mass is 32.1. The summed E-state index contributed by atoms with van der Waals surface area (Å²) in [6.45, 7) is 0. The smallest absolute Gasteiger partial charge is 0.377 e. The molecule has 0 saturated carbocycles. The van der Waals surface area contributed by atoms with Crippen molar-refractivity contribution >= 4 is 21.4 Å². The molecule has 0 heterocycles. The van der Waals surface area contributed by atoms with Gasteiger partial charge in [0.25, 0.3) is 0 Å². The zero-order chi connectivity index (χ0) is 26.4. The molecule has 0 aromatic heterocycles. The lowest BCUT2D eigenvalue weighted by Crippen LogP contribution is -2.42. The van der Waals surface area contributed by atoms with Crippen LogP contribution >= 0.6 is 12.6 Å². The van der Waals surface area contributed by atoms with Crippen LogP contribution in [0, 0.1) is 0 Å². The minimum Gasteiger partial charge on any atom is -0.377 e. The topological polar surface area (TPSA) is 27.7 Å². The van der Waals surface area contributed by atoms with E-state index >= 15 is 0 Å². The zero-order valence-electron chi connectivity index (χ0n) is 25.0. The zero-order valence-corrected chi connectivity index (χ0v) is 26.9. The lowest BCUT2D eigenvalue weighted by atomic mass is 10.0. The molecule has 0 aliphatic heterocycles. The molecule has 36 heavy (non-hydrogen) atoms. The summed E-state index contributed by atoms with van der Waals surface area (Å²) in [7, 11) is 2.78. The number of rotatable bonds is 31. The monoisotopic (exact) mass is 546 g/mol. The summed E-state index contributed by atoms with van der Waals surface area (Å²) >= 11 is 4.28. The summed E-state index contributed by atoms with van der Waals surface area (Å²) in [6, 6.07) is 0.939. The minimum absolute atomic E-state index is 0.939. The Morgan fingerprint density at radius 3 is 0.722 bits per heavy atom. The summed E-state index contributed by atoms with van der Waals surface area (Å²) in [5.41, 5.74) is 0. The maximum absolute atomic E-state index is 5.49. The third-order valence-corrected chi connectivity index (χ3v) is 11.0. The van der Waals surface area contributed by atoms with E-state index in [4.69, 9.17) is 13.3 Å². The molecule has 0 aromatic rings. The van der Waals surface area contributed by atoms with Crippen LogP contribution in [0.1, 0.15) is 167 Å². The van der Waals surface area contributed by atoms with E-state index in [1.165, 1.54) is 161 Å². The fraction of sp³-hybridized carbons (Fsp3) is 1.00. The number of thiol groups is 1. The molecule has 0 aliphatic rings. The summed E-state index contributed by atoms with van der Waals surface area (Å²) in [6.07, 6.45) is 36.9. The van der Waals surface area contributed by atoms with Gasteiger partial charge in [0.05, 0.1) is 0 Å². The van der Waals surface area contributed by atoms with Crippen molar-refractivity contribution in [1.29, 1.82) is 0 Å². The Kier molecular flexibility index (Phi) is 30.4.